The third kappa shape index (κ3) is 2.61. The Labute approximate surface area is 107 Å². The van der Waals surface area contributed by atoms with Gasteiger partial charge in [-0.3, -0.25) is 10.1 Å². The highest BCUT2D eigenvalue weighted by atomic mass is 16.6. The zero-order chi connectivity index (χ0) is 13.3. The van der Waals surface area contributed by atoms with Gasteiger partial charge in [0.25, 0.3) is 5.69 Å². The molecule has 2 rings (SSSR count). The number of rotatable bonds is 5. The highest BCUT2D eigenvalue weighted by molar-refractivity contribution is 5.55. The van der Waals surface area contributed by atoms with Crippen LogP contribution in [0.5, 0.6) is 0 Å². The predicted molar refractivity (Wildman–Crippen MR) is 71.6 cm³/mol. The first kappa shape index (κ1) is 12.8. The third-order valence-electron chi connectivity index (χ3n) is 3.61. The molecule has 1 aliphatic carbocycles. The summed E-state index contributed by atoms with van der Waals surface area (Å²) < 4.78 is 0. The Bertz CT molecular complexity index is 471. The first-order valence-corrected chi connectivity index (χ1v) is 6.19. The van der Waals surface area contributed by atoms with Crippen LogP contribution in [-0.2, 0) is 0 Å². The van der Waals surface area contributed by atoms with Crippen LogP contribution in [0.25, 0.3) is 0 Å². The van der Waals surface area contributed by atoms with Crippen molar-refractivity contribution in [3.05, 3.63) is 33.9 Å². The number of nitro groups is 1. The van der Waals surface area contributed by atoms with E-state index >= 15 is 0 Å². The number of hydrogen-bond acceptors (Lipinski definition) is 4. The van der Waals surface area contributed by atoms with Gasteiger partial charge < -0.3 is 11.1 Å². The van der Waals surface area contributed by atoms with Crippen molar-refractivity contribution in [1.29, 1.82) is 0 Å². The lowest BCUT2D eigenvalue weighted by Gasteiger charge is -2.30. The number of non-ortho nitro benzene ring substituents is 1. The molecule has 0 amide bonds. The van der Waals surface area contributed by atoms with Crippen LogP contribution in [0.4, 0.5) is 11.4 Å². The molecule has 3 N–H and O–H groups in total. The molecule has 98 valence electrons. The summed E-state index contributed by atoms with van der Waals surface area (Å²) in [5.41, 5.74) is 7.44. The van der Waals surface area contributed by atoms with Gasteiger partial charge in [-0.1, -0.05) is 0 Å². The Hall–Kier alpha value is -1.62. The molecule has 0 heterocycles. The van der Waals surface area contributed by atoms with Gasteiger partial charge in [0.05, 0.1) is 4.92 Å². The Morgan fingerprint density at radius 2 is 2.17 bits per heavy atom. The fraction of sp³-hybridized carbons (Fsp3) is 0.538. The van der Waals surface area contributed by atoms with E-state index in [0.29, 0.717) is 12.5 Å². The number of benzene rings is 1. The number of hydrogen-bond donors (Lipinski definition) is 2. The summed E-state index contributed by atoms with van der Waals surface area (Å²) in [5.74, 6) is 0.571. The Morgan fingerprint density at radius 1 is 1.50 bits per heavy atom. The monoisotopic (exact) mass is 249 g/mol. The van der Waals surface area contributed by atoms with Crippen LogP contribution in [0.15, 0.2) is 18.2 Å². The quantitative estimate of drug-likeness (QED) is 0.620. The molecule has 0 spiro atoms. The summed E-state index contributed by atoms with van der Waals surface area (Å²) in [4.78, 5) is 10.5. The molecule has 1 aliphatic rings. The average molecular weight is 249 g/mol. The molecular formula is C13H19N3O2. The number of nitro benzene ring substituents is 1. The SMILES string of the molecule is Cc1cc(NC(C)(CN)C2CC2)cc([N+](=O)[O-])c1. The van der Waals surface area contributed by atoms with E-state index in [1.165, 1.54) is 12.8 Å². The highest BCUT2D eigenvalue weighted by Crippen LogP contribution is 2.41. The summed E-state index contributed by atoms with van der Waals surface area (Å²) in [6, 6.07) is 5.06. The molecule has 1 fully saturated rings. The van der Waals surface area contributed by atoms with E-state index in [2.05, 4.69) is 12.2 Å². The number of nitrogens with zero attached hydrogens (tertiary/aromatic N) is 1. The summed E-state index contributed by atoms with van der Waals surface area (Å²) in [6.07, 6.45) is 2.35. The van der Waals surface area contributed by atoms with Crippen LogP contribution in [0.3, 0.4) is 0 Å². The van der Waals surface area contributed by atoms with Crippen molar-refractivity contribution in [2.75, 3.05) is 11.9 Å². The molecule has 1 unspecified atom stereocenters. The van der Waals surface area contributed by atoms with Crippen LogP contribution in [0.2, 0.25) is 0 Å². The lowest BCUT2D eigenvalue weighted by molar-refractivity contribution is -0.384. The van der Waals surface area contributed by atoms with E-state index in [9.17, 15) is 10.1 Å². The normalized spacial score (nSPS) is 18.2. The van der Waals surface area contributed by atoms with Crippen molar-refractivity contribution in [3.63, 3.8) is 0 Å². The molecule has 0 bridgehead atoms. The number of anilines is 1. The fourth-order valence-corrected chi connectivity index (χ4v) is 2.31. The summed E-state index contributed by atoms with van der Waals surface area (Å²) in [6.45, 7) is 4.47. The zero-order valence-corrected chi connectivity index (χ0v) is 10.8. The van der Waals surface area contributed by atoms with E-state index in [4.69, 9.17) is 5.73 Å². The van der Waals surface area contributed by atoms with Gasteiger partial charge in [-0.25, -0.2) is 0 Å². The molecule has 1 aromatic carbocycles. The van der Waals surface area contributed by atoms with Crippen molar-refractivity contribution < 1.29 is 4.92 Å². The molecule has 5 heteroatoms. The van der Waals surface area contributed by atoms with E-state index in [1.54, 1.807) is 12.1 Å². The average Bonchev–Trinajstić information content (AvgIpc) is 3.12. The van der Waals surface area contributed by atoms with Crippen molar-refractivity contribution in [3.8, 4) is 0 Å². The minimum absolute atomic E-state index is 0.118. The molecule has 1 saturated carbocycles. The standard InChI is InChI=1S/C13H19N3O2/c1-9-5-11(7-12(6-9)16(17)18)15-13(2,8-14)10-3-4-10/h5-7,10,15H,3-4,8,14H2,1-2H3. The lowest BCUT2D eigenvalue weighted by Crippen LogP contribution is -2.44. The minimum atomic E-state index is -0.366. The lowest BCUT2D eigenvalue weighted by atomic mass is 9.95. The van der Waals surface area contributed by atoms with Crippen LogP contribution >= 0.6 is 0 Å². The largest absolute Gasteiger partial charge is 0.378 e. The maximum absolute atomic E-state index is 10.8. The smallest absolute Gasteiger partial charge is 0.271 e. The van der Waals surface area contributed by atoms with Gasteiger partial charge in [0.2, 0.25) is 0 Å². The van der Waals surface area contributed by atoms with Crippen LogP contribution in [0, 0.1) is 23.0 Å². The van der Waals surface area contributed by atoms with Gasteiger partial charge in [-0.2, -0.15) is 0 Å². The molecule has 0 aromatic heterocycles. The molecule has 0 aliphatic heterocycles. The molecule has 0 saturated heterocycles. The van der Waals surface area contributed by atoms with Crippen LogP contribution in [0.1, 0.15) is 25.3 Å². The van der Waals surface area contributed by atoms with Gasteiger partial charge in [0.1, 0.15) is 0 Å². The molecule has 0 radical (unpaired) electrons. The second-order valence-electron chi connectivity index (χ2n) is 5.34. The van der Waals surface area contributed by atoms with Crippen molar-refractivity contribution in [2.24, 2.45) is 11.7 Å². The second kappa shape index (κ2) is 4.57. The van der Waals surface area contributed by atoms with E-state index < -0.39 is 0 Å². The van der Waals surface area contributed by atoms with Gasteiger partial charge in [0, 0.05) is 29.9 Å². The molecule has 5 nitrogen and oxygen atoms in total. The number of aryl methyl sites for hydroxylation is 1. The van der Waals surface area contributed by atoms with Crippen LogP contribution < -0.4 is 11.1 Å². The van der Waals surface area contributed by atoms with Crippen LogP contribution in [-0.4, -0.2) is 17.0 Å². The Morgan fingerprint density at radius 3 is 2.67 bits per heavy atom. The van der Waals surface area contributed by atoms with Crippen molar-refractivity contribution in [2.45, 2.75) is 32.2 Å². The second-order valence-corrected chi connectivity index (χ2v) is 5.34. The molecule has 1 aromatic rings. The maximum atomic E-state index is 10.8. The van der Waals surface area contributed by atoms with Crippen molar-refractivity contribution in [1.82, 2.24) is 0 Å². The van der Waals surface area contributed by atoms with E-state index in [0.717, 1.165) is 11.3 Å². The maximum Gasteiger partial charge on any atom is 0.271 e. The summed E-state index contributed by atoms with van der Waals surface area (Å²) >= 11 is 0. The fourth-order valence-electron chi connectivity index (χ4n) is 2.31. The third-order valence-corrected chi connectivity index (χ3v) is 3.61. The highest BCUT2D eigenvalue weighted by Gasteiger charge is 2.40. The minimum Gasteiger partial charge on any atom is -0.378 e. The van der Waals surface area contributed by atoms with Crippen molar-refractivity contribution >= 4 is 11.4 Å². The summed E-state index contributed by atoms with van der Waals surface area (Å²) in [7, 11) is 0. The topological polar surface area (TPSA) is 81.2 Å². The number of nitrogens with two attached hydrogens (primary N) is 1. The first-order valence-electron chi connectivity index (χ1n) is 6.19. The van der Waals surface area contributed by atoms with Gasteiger partial charge in [-0.15, -0.1) is 0 Å². The number of nitrogens with one attached hydrogen (secondary N) is 1. The first-order chi connectivity index (χ1) is 8.44. The molecule has 1 atom stereocenters. The predicted octanol–water partition coefficient (Wildman–Crippen LogP) is 2.44. The summed E-state index contributed by atoms with van der Waals surface area (Å²) in [5, 5.41) is 14.2. The van der Waals surface area contributed by atoms with Gasteiger partial charge in [0.15, 0.2) is 0 Å². The molecular weight excluding hydrogens is 230 g/mol. The van der Waals surface area contributed by atoms with E-state index in [1.807, 2.05) is 13.0 Å². The molecule has 18 heavy (non-hydrogen) atoms. The Balaban J connectivity index is 2.25. The van der Waals surface area contributed by atoms with Gasteiger partial charge >= 0.3 is 0 Å². The van der Waals surface area contributed by atoms with E-state index in [-0.39, 0.29) is 16.1 Å². The zero-order valence-electron chi connectivity index (χ0n) is 10.8. The van der Waals surface area contributed by atoms with Gasteiger partial charge in [-0.05, 0) is 44.2 Å². The Kier molecular flexibility index (Phi) is 3.26.